The van der Waals surface area contributed by atoms with Gasteiger partial charge in [-0.3, -0.25) is 34.2 Å². The van der Waals surface area contributed by atoms with Gasteiger partial charge in [0.1, 0.15) is 0 Å². The maximum Gasteiger partial charge on any atom is 0.261 e. The molecular weight excluding hydrogens is 410 g/mol. The molecule has 0 saturated carbocycles. The van der Waals surface area contributed by atoms with E-state index in [-0.39, 0.29) is 29.5 Å². The van der Waals surface area contributed by atoms with Gasteiger partial charge in [0.2, 0.25) is 0 Å². The van der Waals surface area contributed by atoms with Gasteiger partial charge in [0, 0.05) is 11.3 Å². The predicted octanol–water partition coefficient (Wildman–Crippen LogP) is 2.62. The summed E-state index contributed by atoms with van der Waals surface area (Å²) in [4.78, 5) is 62.2. The van der Waals surface area contributed by atoms with E-state index in [2.05, 4.69) is 10.6 Å². The molecule has 156 valence electrons. The zero-order valence-corrected chi connectivity index (χ0v) is 16.5. The molecule has 5 amide bonds. The summed E-state index contributed by atoms with van der Waals surface area (Å²) in [5, 5.41) is 4.89. The summed E-state index contributed by atoms with van der Waals surface area (Å²) in [6, 6.07) is 17.7. The Labute approximate surface area is 181 Å². The Kier molecular flexibility index (Phi) is 4.41. The van der Waals surface area contributed by atoms with Crippen molar-refractivity contribution >= 4 is 35.2 Å². The molecule has 0 spiro atoms. The van der Waals surface area contributed by atoms with Crippen LogP contribution < -0.4 is 10.6 Å². The van der Waals surface area contributed by atoms with Gasteiger partial charge in [-0.05, 0) is 48.0 Å². The average molecular weight is 425 g/mol. The fourth-order valence-electron chi connectivity index (χ4n) is 3.78. The van der Waals surface area contributed by atoms with E-state index >= 15 is 0 Å². The summed E-state index contributed by atoms with van der Waals surface area (Å²) in [5.74, 6) is -2.05. The van der Waals surface area contributed by atoms with Crippen LogP contribution >= 0.6 is 0 Å². The summed E-state index contributed by atoms with van der Waals surface area (Å²) in [7, 11) is 0. The highest BCUT2D eigenvalue weighted by atomic mass is 16.2. The second kappa shape index (κ2) is 7.28. The number of rotatable bonds is 4. The number of hydrogen-bond donors (Lipinski definition) is 2. The fraction of sp³-hybridized carbons (Fsp3) is 0.0417. The number of carbonyl (C=O) groups excluding carboxylic acids is 5. The molecule has 0 saturated heterocycles. The van der Waals surface area contributed by atoms with E-state index in [1.165, 1.54) is 17.0 Å². The Morgan fingerprint density at radius 2 is 1.38 bits per heavy atom. The van der Waals surface area contributed by atoms with Crippen LogP contribution in [0.2, 0.25) is 0 Å². The second-order valence-electron chi connectivity index (χ2n) is 7.44. The summed E-state index contributed by atoms with van der Waals surface area (Å²) in [6.45, 7) is 0.0994. The molecule has 8 nitrogen and oxygen atoms in total. The number of hydrogen-bond acceptors (Lipinski definition) is 5. The van der Waals surface area contributed by atoms with Gasteiger partial charge >= 0.3 is 0 Å². The van der Waals surface area contributed by atoms with Crippen molar-refractivity contribution in [1.29, 1.82) is 0 Å². The standard InChI is InChI=1S/C24H15N3O5/c28-20(25-15-9-10-16-19(11-15)22(30)26-21(16)29)14-7-5-13(6-8-14)12-27-23(31)17-3-1-2-4-18(17)24(27)32/h1-11H,12H2,(H,25,28)(H,26,29,30). The number of anilines is 1. The Bertz CT molecular complexity index is 1310. The van der Waals surface area contributed by atoms with Crippen LogP contribution in [0.5, 0.6) is 0 Å². The van der Waals surface area contributed by atoms with Crippen LogP contribution in [0.25, 0.3) is 0 Å². The van der Waals surface area contributed by atoms with Crippen molar-refractivity contribution in [3.63, 3.8) is 0 Å². The van der Waals surface area contributed by atoms with Gasteiger partial charge in [-0.15, -0.1) is 0 Å². The smallest absolute Gasteiger partial charge is 0.261 e. The maximum atomic E-state index is 12.6. The molecule has 0 aliphatic carbocycles. The average Bonchev–Trinajstić information content (AvgIpc) is 3.22. The van der Waals surface area contributed by atoms with Crippen LogP contribution in [0.3, 0.4) is 0 Å². The molecule has 8 heteroatoms. The first kappa shape index (κ1) is 19.4. The normalized spacial score (nSPS) is 14.3. The highest BCUT2D eigenvalue weighted by Crippen LogP contribution is 2.25. The molecule has 2 N–H and O–H groups in total. The predicted molar refractivity (Wildman–Crippen MR) is 113 cm³/mol. The van der Waals surface area contributed by atoms with Crippen LogP contribution in [0, 0.1) is 0 Å². The van der Waals surface area contributed by atoms with Crippen molar-refractivity contribution in [2.24, 2.45) is 0 Å². The third kappa shape index (κ3) is 3.14. The molecule has 2 heterocycles. The lowest BCUT2D eigenvalue weighted by molar-refractivity contribution is 0.0641. The molecule has 0 bridgehead atoms. The largest absolute Gasteiger partial charge is 0.322 e. The minimum Gasteiger partial charge on any atom is -0.322 e. The van der Waals surface area contributed by atoms with Crippen molar-refractivity contribution in [2.75, 3.05) is 5.32 Å². The van der Waals surface area contributed by atoms with E-state index in [1.807, 2.05) is 0 Å². The number of amides is 5. The molecule has 0 atom stereocenters. The van der Waals surface area contributed by atoms with Crippen molar-refractivity contribution in [2.45, 2.75) is 6.54 Å². The number of nitrogens with one attached hydrogen (secondary N) is 2. The van der Waals surface area contributed by atoms with Crippen LogP contribution in [0.1, 0.15) is 57.4 Å². The first-order chi connectivity index (χ1) is 15.4. The van der Waals surface area contributed by atoms with E-state index < -0.39 is 17.7 Å². The van der Waals surface area contributed by atoms with Gasteiger partial charge in [0.05, 0.1) is 28.8 Å². The molecular formula is C24H15N3O5. The molecule has 0 unspecified atom stereocenters. The van der Waals surface area contributed by atoms with Crippen LogP contribution in [-0.2, 0) is 6.54 Å². The monoisotopic (exact) mass is 425 g/mol. The van der Waals surface area contributed by atoms with Gasteiger partial charge in [0.15, 0.2) is 0 Å². The minimum atomic E-state index is -0.501. The second-order valence-corrected chi connectivity index (χ2v) is 7.44. The van der Waals surface area contributed by atoms with E-state index in [4.69, 9.17) is 0 Å². The molecule has 3 aromatic rings. The third-order valence-corrected chi connectivity index (χ3v) is 5.43. The molecule has 32 heavy (non-hydrogen) atoms. The van der Waals surface area contributed by atoms with Gasteiger partial charge in [-0.25, -0.2) is 0 Å². The number of carbonyl (C=O) groups is 5. The van der Waals surface area contributed by atoms with Gasteiger partial charge in [-0.1, -0.05) is 24.3 Å². The Morgan fingerprint density at radius 1 is 0.750 bits per heavy atom. The first-order valence-corrected chi connectivity index (χ1v) is 9.77. The minimum absolute atomic E-state index is 0.0994. The van der Waals surface area contributed by atoms with Crippen molar-refractivity contribution in [1.82, 2.24) is 10.2 Å². The Balaban J connectivity index is 1.28. The van der Waals surface area contributed by atoms with Crippen LogP contribution in [0.4, 0.5) is 5.69 Å². The number of benzene rings is 3. The summed E-state index contributed by atoms with van der Waals surface area (Å²) in [6.07, 6.45) is 0. The molecule has 3 aromatic carbocycles. The number of fused-ring (bicyclic) bond motifs is 2. The lowest BCUT2D eigenvalue weighted by Crippen LogP contribution is -2.29. The third-order valence-electron chi connectivity index (χ3n) is 5.43. The van der Waals surface area contributed by atoms with E-state index in [9.17, 15) is 24.0 Å². The zero-order chi connectivity index (χ0) is 22.4. The Morgan fingerprint density at radius 3 is 2.03 bits per heavy atom. The lowest BCUT2D eigenvalue weighted by atomic mass is 10.1. The fourth-order valence-corrected chi connectivity index (χ4v) is 3.78. The van der Waals surface area contributed by atoms with Crippen molar-refractivity contribution in [3.05, 3.63) is 100 Å². The zero-order valence-electron chi connectivity index (χ0n) is 16.5. The highest BCUT2D eigenvalue weighted by molar-refractivity contribution is 6.22. The molecule has 5 rings (SSSR count). The molecule has 0 radical (unpaired) electrons. The summed E-state index contributed by atoms with van der Waals surface area (Å²) >= 11 is 0. The highest BCUT2D eigenvalue weighted by Gasteiger charge is 2.35. The molecule has 2 aliphatic heterocycles. The topological polar surface area (TPSA) is 113 Å². The van der Waals surface area contributed by atoms with E-state index in [0.717, 1.165) is 0 Å². The van der Waals surface area contributed by atoms with E-state index in [0.29, 0.717) is 27.9 Å². The lowest BCUT2D eigenvalue weighted by Gasteiger charge is -2.14. The molecule has 0 fully saturated rings. The van der Waals surface area contributed by atoms with Gasteiger partial charge in [0.25, 0.3) is 29.5 Å². The summed E-state index contributed by atoms with van der Waals surface area (Å²) in [5.41, 5.74) is 2.70. The van der Waals surface area contributed by atoms with Gasteiger partial charge < -0.3 is 5.32 Å². The van der Waals surface area contributed by atoms with Crippen molar-refractivity contribution < 1.29 is 24.0 Å². The summed E-state index contributed by atoms with van der Waals surface area (Å²) < 4.78 is 0. The quantitative estimate of drug-likeness (QED) is 0.624. The molecule has 0 aromatic heterocycles. The van der Waals surface area contributed by atoms with Gasteiger partial charge in [-0.2, -0.15) is 0 Å². The molecule has 2 aliphatic rings. The first-order valence-electron chi connectivity index (χ1n) is 9.77. The van der Waals surface area contributed by atoms with Crippen LogP contribution in [0.15, 0.2) is 66.7 Å². The van der Waals surface area contributed by atoms with Crippen molar-refractivity contribution in [3.8, 4) is 0 Å². The SMILES string of the molecule is O=C(Nc1ccc2c(c1)C(=O)NC2=O)c1ccc(CN2C(=O)c3ccccc3C2=O)cc1. The van der Waals surface area contributed by atoms with Crippen LogP contribution in [-0.4, -0.2) is 34.4 Å². The van der Waals surface area contributed by atoms with E-state index in [1.54, 1.807) is 54.6 Å². The Hall–Kier alpha value is -4.59. The number of nitrogens with zero attached hydrogens (tertiary/aromatic N) is 1. The maximum absolute atomic E-state index is 12.6. The number of imide groups is 2.